The molecule has 0 saturated carbocycles. The molecule has 1 saturated heterocycles. The monoisotopic (exact) mass is 174 g/mol. The number of nitrogens with one attached hydrogen (secondary N) is 2. The van der Waals surface area contributed by atoms with E-state index in [2.05, 4.69) is 10.6 Å². The van der Waals surface area contributed by atoms with Gasteiger partial charge in [-0.05, 0) is 13.0 Å². The summed E-state index contributed by atoms with van der Waals surface area (Å²) in [6.07, 6.45) is 1.07. The van der Waals surface area contributed by atoms with Crippen molar-refractivity contribution in [2.45, 2.75) is 18.8 Å². The lowest BCUT2D eigenvalue weighted by molar-refractivity contribution is -0.0996. The van der Waals surface area contributed by atoms with Gasteiger partial charge in [-0.25, -0.2) is 0 Å². The van der Waals surface area contributed by atoms with Crippen LogP contribution in [-0.2, 0) is 9.47 Å². The molecule has 4 heteroatoms. The van der Waals surface area contributed by atoms with Crippen molar-refractivity contribution in [3.63, 3.8) is 0 Å². The quantitative estimate of drug-likeness (QED) is 0.554. The first-order chi connectivity index (χ1) is 5.86. The minimum absolute atomic E-state index is 0.120. The van der Waals surface area contributed by atoms with E-state index in [-0.39, 0.29) is 6.29 Å². The molecule has 0 aliphatic carbocycles. The van der Waals surface area contributed by atoms with Gasteiger partial charge in [0.05, 0.1) is 0 Å². The maximum absolute atomic E-state index is 5.05. The second-order valence-corrected chi connectivity index (χ2v) is 3.00. The van der Waals surface area contributed by atoms with Crippen LogP contribution in [0.5, 0.6) is 0 Å². The van der Waals surface area contributed by atoms with E-state index in [4.69, 9.17) is 9.47 Å². The molecule has 0 aromatic rings. The van der Waals surface area contributed by atoms with Crippen LogP contribution in [-0.4, -0.2) is 46.2 Å². The summed E-state index contributed by atoms with van der Waals surface area (Å²) >= 11 is 0. The molecule has 1 aliphatic rings. The summed E-state index contributed by atoms with van der Waals surface area (Å²) in [7, 11) is 3.31. The molecule has 0 spiro atoms. The molecule has 0 bridgehead atoms. The maximum atomic E-state index is 5.05. The lowest BCUT2D eigenvalue weighted by Crippen LogP contribution is -2.38. The molecule has 0 aromatic carbocycles. The molecule has 1 atom stereocenters. The molecule has 1 aliphatic heterocycles. The van der Waals surface area contributed by atoms with E-state index in [0.29, 0.717) is 6.04 Å². The molecule has 1 heterocycles. The Morgan fingerprint density at radius 2 is 2.25 bits per heavy atom. The molecule has 72 valence electrons. The molecule has 1 unspecified atom stereocenters. The SMILES string of the molecule is COC(CNC1CCNC1)OC. The zero-order chi connectivity index (χ0) is 8.81. The van der Waals surface area contributed by atoms with Crippen LogP contribution in [0.25, 0.3) is 0 Å². The molecule has 1 fully saturated rings. The molecule has 4 nitrogen and oxygen atoms in total. The van der Waals surface area contributed by atoms with E-state index in [1.54, 1.807) is 14.2 Å². The number of rotatable bonds is 5. The Morgan fingerprint density at radius 3 is 2.75 bits per heavy atom. The molecule has 0 amide bonds. The van der Waals surface area contributed by atoms with E-state index < -0.39 is 0 Å². The van der Waals surface area contributed by atoms with Gasteiger partial charge in [0.15, 0.2) is 6.29 Å². The van der Waals surface area contributed by atoms with Gasteiger partial charge in [0.25, 0.3) is 0 Å². The van der Waals surface area contributed by atoms with Crippen LogP contribution in [0.1, 0.15) is 6.42 Å². The number of hydrogen-bond acceptors (Lipinski definition) is 4. The summed E-state index contributed by atoms with van der Waals surface area (Å²) in [5, 5.41) is 6.66. The molecule has 1 rings (SSSR count). The Kier molecular flexibility index (Phi) is 4.53. The smallest absolute Gasteiger partial charge is 0.169 e. The average molecular weight is 174 g/mol. The van der Waals surface area contributed by atoms with Gasteiger partial charge in [0.1, 0.15) is 0 Å². The molecule has 0 radical (unpaired) electrons. The lowest BCUT2D eigenvalue weighted by Gasteiger charge is -2.17. The highest BCUT2D eigenvalue weighted by Crippen LogP contribution is 1.97. The summed E-state index contributed by atoms with van der Waals surface area (Å²) in [4.78, 5) is 0. The minimum Gasteiger partial charge on any atom is -0.355 e. The van der Waals surface area contributed by atoms with Gasteiger partial charge in [-0.2, -0.15) is 0 Å². The number of ether oxygens (including phenoxy) is 2. The third kappa shape index (κ3) is 3.06. The van der Waals surface area contributed by atoms with Crippen molar-refractivity contribution in [1.82, 2.24) is 10.6 Å². The predicted octanol–water partition coefficient (Wildman–Crippen LogP) is -0.443. The zero-order valence-electron chi connectivity index (χ0n) is 7.80. The molecule has 2 N–H and O–H groups in total. The van der Waals surface area contributed by atoms with Crippen molar-refractivity contribution < 1.29 is 9.47 Å². The van der Waals surface area contributed by atoms with Gasteiger partial charge in [0, 0.05) is 33.4 Å². The van der Waals surface area contributed by atoms with Crippen LogP contribution in [0.4, 0.5) is 0 Å². The van der Waals surface area contributed by atoms with E-state index >= 15 is 0 Å². The third-order valence-corrected chi connectivity index (χ3v) is 2.16. The van der Waals surface area contributed by atoms with Crippen LogP contribution >= 0.6 is 0 Å². The Labute approximate surface area is 73.6 Å². The van der Waals surface area contributed by atoms with Crippen LogP contribution < -0.4 is 10.6 Å². The van der Waals surface area contributed by atoms with Crippen LogP contribution in [0.3, 0.4) is 0 Å². The summed E-state index contributed by atoms with van der Waals surface area (Å²) in [5.41, 5.74) is 0. The predicted molar refractivity (Wildman–Crippen MR) is 47.1 cm³/mol. The van der Waals surface area contributed by atoms with Crippen LogP contribution in [0.15, 0.2) is 0 Å². The summed E-state index contributed by atoms with van der Waals surface area (Å²) < 4.78 is 10.1. The second kappa shape index (κ2) is 5.48. The topological polar surface area (TPSA) is 42.5 Å². The lowest BCUT2D eigenvalue weighted by atomic mass is 10.2. The standard InChI is InChI=1S/C8H18N2O2/c1-11-8(12-2)6-10-7-3-4-9-5-7/h7-10H,3-6H2,1-2H3. The first kappa shape index (κ1) is 9.92. The van der Waals surface area contributed by atoms with Gasteiger partial charge in [-0.15, -0.1) is 0 Å². The average Bonchev–Trinajstić information content (AvgIpc) is 2.59. The van der Waals surface area contributed by atoms with E-state index in [0.717, 1.165) is 19.6 Å². The fourth-order valence-electron chi connectivity index (χ4n) is 1.35. The number of methoxy groups -OCH3 is 2. The Hall–Kier alpha value is -0.160. The third-order valence-electron chi connectivity index (χ3n) is 2.16. The van der Waals surface area contributed by atoms with Crippen molar-refractivity contribution in [2.24, 2.45) is 0 Å². The minimum atomic E-state index is -0.120. The van der Waals surface area contributed by atoms with Crippen LogP contribution in [0.2, 0.25) is 0 Å². The maximum Gasteiger partial charge on any atom is 0.169 e. The normalized spacial score (nSPS) is 23.8. The van der Waals surface area contributed by atoms with Crippen LogP contribution in [0, 0.1) is 0 Å². The first-order valence-electron chi connectivity index (χ1n) is 4.36. The first-order valence-corrected chi connectivity index (χ1v) is 4.36. The number of hydrogen-bond donors (Lipinski definition) is 2. The van der Waals surface area contributed by atoms with E-state index in [1.807, 2.05) is 0 Å². The van der Waals surface area contributed by atoms with Crippen molar-refractivity contribution in [1.29, 1.82) is 0 Å². The summed E-state index contributed by atoms with van der Waals surface area (Å²) in [6, 6.07) is 0.581. The largest absolute Gasteiger partial charge is 0.355 e. The van der Waals surface area contributed by atoms with Gasteiger partial charge >= 0.3 is 0 Å². The fraction of sp³-hybridized carbons (Fsp3) is 1.00. The Balaban J connectivity index is 2.06. The highest BCUT2D eigenvalue weighted by molar-refractivity contribution is 4.77. The van der Waals surface area contributed by atoms with E-state index in [1.165, 1.54) is 6.42 Å². The summed E-state index contributed by atoms with van der Waals surface area (Å²) in [5.74, 6) is 0. The van der Waals surface area contributed by atoms with Gasteiger partial charge in [-0.1, -0.05) is 0 Å². The highest BCUT2D eigenvalue weighted by Gasteiger charge is 2.15. The van der Waals surface area contributed by atoms with Crippen molar-refractivity contribution in [3.8, 4) is 0 Å². The van der Waals surface area contributed by atoms with Crippen molar-refractivity contribution in [3.05, 3.63) is 0 Å². The molecule has 0 aromatic heterocycles. The van der Waals surface area contributed by atoms with Gasteiger partial charge in [-0.3, -0.25) is 0 Å². The van der Waals surface area contributed by atoms with Crippen molar-refractivity contribution in [2.75, 3.05) is 33.9 Å². The van der Waals surface area contributed by atoms with Crippen molar-refractivity contribution >= 4 is 0 Å². The van der Waals surface area contributed by atoms with Gasteiger partial charge in [0.2, 0.25) is 0 Å². The highest BCUT2D eigenvalue weighted by atomic mass is 16.7. The molecular weight excluding hydrogens is 156 g/mol. The van der Waals surface area contributed by atoms with E-state index in [9.17, 15) is 0 Å². The molecular formula is C8H18N2O2. The van der Waals surface area contributed by atoms with Gasteiger partial charge < -0.3 is 20.1 Å². The Bertz CT molecular complexity index is 110. The second-order valence-electron chi connectivity index (χ2n) is 3.00. The summed E-state index contributed by atoms with van der Waals surface area (Å²) in [6.45, 7) is 2.93. The zero-order valence-corrected chi connectivity index (χ0v) is 7.80. The fourth-order valence-corrected chi connectivity index (χ4v) is 1.35. The Morgan fingerprint density at radius 1 is 1.50 bits per heavy atom. The molecule has 12 heavy (non-hydrogen) atoms.